The lowest BCUT2D eigenvalue weighted by Gasteiger charge is -2.10. The Kier molecular flexibility index (Phi) is 4.21. The molecule has 3 nitrogen and oxygen atoms in total. The van der Waals surface area contributed by atoms with Gasteiger partial charge in [0.05, 0.1) is 5.51 Å². The van der Waals surface area contributed by atoms with E-state index in [2.05, 4.69) is 17.2 Å². The summed E-state index contributed by atoms with van der Waals surface area (Å²) in [5.74, 6) is 0. The number of hydrogen-bond donors (Lipinski definition) is 2. The molecule has 1 aromatic heterocycles. The summed E-state index contributed by atoms with van der Waals surface area (Å²) in [7, 11) is 0. The van der Waals surface area contributed by atoms with Crippen molar-refractivity contribution in [2.45, 2.75) is 25.9 Å². The van der Waals surface area contributed by atoms with Gasteiger partial charge in [0.15, 0.2) is 0 Å². The average molecular weight is 186 g/mol. The van der Waals surface area contributed by atoms with Crippen LogP contribution in [-0.4, -0.2) is 22.7 Å². The van der Waals surface area contributed by atoms with Crippen molar-refractivity contribution in [3.63, 3.8) is 0 Å². The Morgan fingerprint density at radius 3 is 3.17 bits per heavy atom. The van der Waals surface area contributed by atoms with Crippen LogP contribution in [0.3, 0.4) is 0 Å². The second kappa shape index (κ2) is 5.24. The van der Waals surface area contributed by atoms with E-state index in [1.807, 2.05) is 11.7 Å². The van der Waals surface area contributed by atoms with E-state index in [9.17, 15) is 0 Å². The van der Waals surface area contributed by atoms with Gasteiger partial charge in [-0.15, -0.1) is 11.3 Å². The maximum Gasteiger partial charge on any atom is 0.0794 e. The minimum absolute atomic E-state index is 0.247. The molecule has 0 unspecified atom stereocenters. The molecule has 0 radical (unpaired) electrons. The van der Waals surface area contributed by atoms with Crippen molar-refractivity contribution >= 4 is 11.3 Å². The molecule has 0 aliphatic heterocycles. The van der Waals surface area contributed by atoms with E-state index < -0.39 is 0 Å². The molecule has 0 fully saturated rings. The topological polar surface area (TPSA) is 45.1 Å². The van der Waals surface area contributed by atoms with Crippen LogP contribution in [0.2, 0.25) is 0 Å². The Balaban J connectivity index is 2.17. The van der Waals surface area contributed by atoms with Gasteiger partial charge < -0.3 is 10.4 Å². The number of aliphatic hydroxyl groups is 1. The maximum absolute atomic E-state index is 8.64. The Labute approximate surface area is 76.5 Å². The van der Waals surface area contributed by atoms with Crippen molar-refractivity contribution in [3.8, 4) is 0 Å². The quantitative estimate of drug-likeness (QED) is 0.721. The van der Waals surface area contributed by atoms with Crippen LogP contribution in [0.4, 0.5) is 0 Å². The highest BCUT2D eigenvalue weighted by atomic mass is 32.1. The zero-order valence-corrected chi connectivity index (χ0v) is 7.97. The minimum Gasteiger partial charge on any atom is -0.396 e. The third-order valence-electron chi connectivity index (χ3n) is 1.67. The number of aliphatic hydroxyl groups excluding tert-OH is 1. The third-order valence-corrected chi connectivity index (χ3v) is 2.45. The highest BCUT2D eigenvalue weighted by Crippen LogP contribution is 2.04. The van der Waals surface area contributed by atoms with Crippen molar-refractivity contribution in [1.82, 2.24) is 10.3 Å². The fraction of sp³-hybridized carbons (Fsp3) is 0.625. The predicted molar refractivity (Wildman–Crippen MR) is 50.1 cm³/mol. The predicted octanol–water partition coefficient (Wildman–Crippen LogP) is 1.00. The molecular formula is C8H14N2OS. The lowest BCUT2D eigenvalue weighted by molar-refractivity contribution is 0.269. The van der Waals surface area contributed by atoms with Gasteiger partial charge in [-0.05, 0) is 13.3 Å². The van der Waals surface area contributed by atoms with E-state index in [1.165, 1.54) is 4.88 Å². The SMILES string of the molecule is C[C@H](CCO)NCc1cncs1. The average Bonchev–Trinajstić information content (AvgIpc) is 2.53. The molecule has 0 saturated carbocycles. The molecule has 0 saturated heterocycles. The highest BCUT2D eigenvalue weighted by molar-refractivity contribution is 7.09. The summed E-state index contributed by atoms with van der Waals surface area (Å²) in [6.07, 6.45) is 2.67. The molecule has 0 spiro atoms. The van der Waals surface area contributed by atoms with Crippen LogP contribution in [-0.2, 0) is 6.54 Å². The van der Waals surface area contributed by atoms with Crippen LogP contribution in [0.15, 0.2) is 11.7 Å². The van der Waals surface area contributed by atoms with Gasteiger partial charge in [0.2, 0.25) is 0 Å². The second-order valence-electron chi connectivity index (χ2n) is 2.76. The molecule has 1 rings (SSSR count). The van der Waals surface area contributed by atoms with E-state index in [0.717, 1.165) is 13.0 Å². The summed E-state index contributed by atoms with van der Waals surface area (Å²) in [5, 5.41) is 11.9. The first-order valence-electron chi connectivity index (χ1n) is 4.04. The maximum atomic E-state index is 8.64. The molecular weight excluding hydrogens is 172 g/mol. The first kappa shape index (κ1) is 9.64. The van der Waals surface area contributed by atoms with E-state index in [1.54, 1.807) is 11.3 Å². The van der Waals surface area contributed by atoms with E-state index >= 15 is 0 Å². The number of aromatic nitrogens is 1. The van der Waals surface area contributed by atoms with Gasteiger partial charge in [-0.2, -0.15) is 0 Å². The molecule has 0 amide bonds. The normalized spacial score (nSPS) is 13.2. The summed E-state index contributed by atoms with van der Waals surface area (Å²) in [5.41, 5.74) is 1.83. The monoisotopic (exact) mass is 186 g/mol. The Hall–Kier alpha value is -0.450. The van der Waals surface area contributed by atoms with Gasteiger partial charge in [-0.1, -0.05) is 0 Å². The highest BCUT2D eigenvalue weighted by Gasteiger charge is 2.00. The summed E-state index contributed by atoms with van der Waals surface area (Å²) in [6.45, 7) is 3.17. The molecule has 1 atom stereocenters. The zero-order valence-electron chi connectivity index (χ0n) is 7.16. The first-order chi connectivity index (χ1) is 5.83. The van der Waals surface area contributed by atoms with Crippen LogP contribution in [0.25, 0.3) is 0 Å². The molecule has 0 bridgehead atoms. The standard InChI is InChI=1S/C8H14N2OS/c1-7(2-3-11)10-5-8-4-9-6-12-8/h4,6-7,10-11H,2-3,5H2,1H3/t7-/m1/s1. The van der Waals surface area contributed by atoms with Crippen molar-refractivity contribution in [2.75, 3.05) is 6.61 Å². The van der Waals surface area contributed by atoms with Gasteiger partial charge in [0.1, 0.15) is 0 Å². The fourth-order valence-electron chi connectivity index (χ4n) is 0.900. The lowest BCUT2D eigenvalue weighted by atomic mass is 10.2. The van der Waals surface area contributed by atoms with Crippen molar-refractivity contribution < 1.29 is 5.11 Å². The summed E-state index contributed by atoms with van der Waals surface area (Å²) >= 11 is 1.65. The van der Waals surface area contributed by atoms with E-state index in [4.69, 9.17) is 5.11 Å². The van der Waals surface area contributed by atoms with Gasteiger partial charge in [0, 0.05) is 30.3 Å². The Bertz CT molecular complexity index is 201. The van der Waals surface area contributed by atoms with E-state index in [-0.39, 0.29) is 6.61 Å². The smallest absolute Gasteiger partial charge is 0.0794 e. The Morgan fingerprint density at radius 1 is 1.75 bits per heavy atom. The molecule has 0 aliphatic carbocycles. The summed E-state index contributed by atoms with van der Waals surface area (Å²) in [4.78, 5) is 5.21. The van der Waals surface area contributed by atoms with Gasteiger partial charge in [-0.3, -0.25) is 4.98 Å². The number of rotatable bonds is 5. The molecule has 4 heteroatoms. The van der Waals surface area contributed by atoms with Gasteiger partial charge >= 0.3 is 0 Å². The van der Waals surface area contributed by atoms with Crippen LogP contribution in [0.1, 0.15) is 18.2 Å². The molecule has 1 aromatic rings. The molecule has 12 heavy (non-hydrogen) atoms. The number of nitrogens with zero attached hydrogens (tertiary/aromatic N) is 1. The van der Waals surface area contributed by atoms with Crippen molar-refractivity contribution in [1.29, 1.82) is 0 Å². The second-order valence-corrected chi connectivity index (χ2v) is 3.73. The zero-order chi connectivity index (χ0) is 8.81. The molecule has 1 heterocycles. The largest absolute Gasteiger partial charge is 0.396 e. The van der Waals surface area contributed by atoms with Gasteiger partial charge in [-0.25, -0.2) is 0 Å². The Morgan fingerprint density at radius 2 is 2.58 bits per heavy atom. The molecule has 0 aromatic carbocycles. The molecule has 68 valence electrons. The van der Waals surface area contributed by atoms with E-state index in [0.29, 0.717) is 6.04 Å². The first-order valence-corrected chi connectivity index (χ1v) is 4.92. The van der Waals surface area contributed by atoms with Crippen LogP contribution in [0, 0.1) is 0 Å². The fourth-order valence-corrected chi connectivity index (χ4v) is 1.45. The van der Waals surface area contributed by atoms with Crippen molar-refractivity contribution in [3.05, 3.63) is 16.6 Å². The third kappa shape index (κ3) is 3.30. The minimum atomic E-state index is 0.247. The van der Waals surface area contributed by atoms with Crippen LogP contribution < -0.4 is 5.32 Å². The molecule has 2 N–H and O–H groups in total. The summed E-state index contributed by atoms with van der Waals surface area (Å²) < 4.78 is 0. The van der Waals surface area contributed by atoms with Gasteiger partial charge in [0.25, 0.3) is 0 Å². The van der Waals surface area contributed by atoms with Crippen LogP contribution >= 0.6 is 11.3 Å². The number of thiazole rings is 1. The molecule has 0 aliphatic rings. The summed E-state index contributed by atoms with van der Waals surface area (Å²) in [6, 6.07) is 0.372. The van der Waals surface area contributed by atoms with Crippen LogP contribution in [0.5, 0.6) is 0 Å². The number of hydrogen-bond acceptors (Lipinski definition) is 4. The van der Waals surface area contributed by atoms with Crippen molar-refractivity contribution in [2.24, 2.45) is 0 Å². The number of nitrogens with one attached hydrogen (secondary N) is 1. The lowest BCUT2D eigenvalue weighted by Crippen LogP contribution is -2.25.